The Kier molecular flexibility index (Phi) is 15.6. The molecule has 480 valence electrons. The number of hydrogen-bond acceptors (Lipinski definition) is 7. The van der Waals surface area contributed by atoms with Gasteiger partial charge in [0, 0.05) is 45.0 Å². The van der Waals surface area contributed by atoms with Crippen molar-refractivity contribution in [1.82, 2.24) is 0 Å². The lowest BCUT2D eigenvalue weighted by atomic mass is 9.92. The fraction of sp³-hybridized carbons (Fsp3) is 0.259. The largest absolute Gasteiger partial charge is 0.497 e. The van der Waals surface area contributed by atoms with Gasteiger partial charge in [0.1, 0.15) is 11.4 Å². The Morgan fingerprint density at radius 1 is 0.438 bits per heavy atom. The Morgan fingerprint density at radius 2 is 0.802 bits per heavy atom. The van der Waals surface area contributed by atoms with Crippen molar-refractivity contribution >= 4 is 103 Å². The van der Waals surface area contributed by atoms with Crippen molar-refractivity contribution in [2.24, 2.45) is 5.41 Å². The van der Waals surface area contributed by atoms with E-state index in [9.17, 15) is 24.0 Å². The number of aryl methyl sites for hydroxylation is 4. The summed E-state index contributed by atoms with van der Waals surface area (Å²) in [6, 6.07) is 50.9. The second-order valence-corrected chi connectivity index (χ2v) is 28.4. The minimum absolute atomic E-state index is 0.0203. The van der Waals surface area contributed by atoms with E-state index in [1.54, 1.807) is 13.2 Å². The molecule has 1 saturated carbocycles. The predicted molar refractivity (Wildman–Crippen MR) is 386 cm³/mol. The summed E-state index contributed by atoms with van der Waals surface area (Å²) >= 11 is 0. The molecule has 0 bridgehead atoms. The number of carbonyl (C=O) groups excluding carboxylic acids is 5. The molecule has 1 unspecified atom stereocenters. The number of epoxide rings is 1. The van der Waals surface area contributed by atoms with Gasteiger partial charge in [-0.3, -0.25) is 24.0 Å². The predicted octanol–water partition coefficient (Wildman–Crippen LogP) is 17.4. The van der Waals surface area contributed by atoms with E-state index in [0.717, 1.165) is 101 Å². The first-order chi connectivity index (χ1) is 46.2. The smallest absolute Gasteiger partial charge is 0.228 e. The molecular weight excluding hydrogens is 1190 g/mol. The summed E-state index contributed by atoms with van der Waals surface area (Å²) in [6.07, 6.45) is 12.5. The van der Waals surface area contributed by atoms with Crippen molar-refractivity contribution in [2.45, 2.75) is 125 Å². The number of allylic oxidation sites excluding steroid dienone is 5. The summed E-state index contributed by atoms with van der Waals surface area (Å²) in [6.45, 7) is 15.2. The van der Waals surface area contributed by atoms with E-state index in [1.165, 1.54) is 137 Å². The Labute approximate surface area is 561 Å². The van der Waals surface area contributed by atoms with Crippen molar-refractivity contribution < 1.29 is 33.4 Å². The average Bonchev–Trinajstić information content (AvgIpc) is 1.61. The van der Waals surface area contributed by atoms with Gasteiger partial charge in [0.2, 0.25) is 23.6 Å². The number of anilines is 4. The van der Waals surface area contributed by atoms with Crippen LogP contribution in [-0.4, -0.2) is 43.1 Å². The molecule has 10 aliphatic rings. The van der Waals surface area contributed by atoms with E-state index in [4.69, 9.17) is 9.47 Å². The molecule has 18 rings (SSSR count). The van der Waals surface area contributed by atoms with Crippen LogP contribution in [0.5, 0.6) is 5.75 Å². The number of nitrogens with one attached hydrogen (secondary N) is 4. The zero-order chi connectivity index (χ0) is 66.5. The maximum Gasteiger partial charge on any atom is 0.228 e. The van der Waals surface area contributed by atoms with Gasteiger partial charge in [-0.2, -0.15) is 0 Å². The van der Waals surface area contributed by atoms with Gasteiger partial charge in [-0.1, -0.05) is 126 Å². The third-order valence-corrected chi connectivity index (χ3v) is 20.8. The third kappa shape index (κ3) is 12.1. The fourth-order valence-electron chi connectivity index (χ4n) is 15.3. The molecule has 8 aromatic rings. The van der Waals surface area contributed by atoms with Crippen molar-refractivity contribution in [3.63, 3.8) is 0 Å². The fourth-order valence-corrected chi connectivity index (χ4v) is 15.3. The van der Waals surface area contributed by atoms with Gasteiger partial charge in [0.05, 0.1) is 39.4 Å². The average molecular weight is 1270 g/mol. The molecule has 0 radical (unpaired) electrons. The Balaban J connectivity index is 0.000000105. The first-order valence-corrected chi connectivity index (χ1v) is 33.6. The number of amides is 4. The summed E-state index contributed by atoms with van der Waals surface area (Å²) in [4.78, 5) is 60.7. The van der Waals surface area contributed by atoms with E-state index in [1.807, 2.05) is 42.5 Å². The highest BCUT2D eigenvalue weighted by molar-refractivity contribution is 6.16. The molecule has 1 saturated heterocycles. The minimum atomic E-state index is -0.159. The quantitative estimate of drug-likeness (QED) is 0.0954. The molecule has 11 heteroatoms. The van der Waals surface area contributed by atoms with Crippen LogP contribution in [0.3, 0.4) is 0 Å². The van der Waals surface area contributed by atoms with Gasteiger partial charge in [0.15, 0.2) is 5.78 Å². The summed E-state index contributed by atoms with van der Waals surface area (Å²) in [5.41, 5.74) is 36.9. The summed E-state index contributed by atoms with van der Waals surface area (Å²) < 4.78 is 11.0. The maximum atomic E-state index is 12.5. The molecule has 11 nitrogen and oxygen atoms in total. The second kappa shape index (κ2) is 24.2. The molecule has 5 aliphatic heterocycles. The molecular formula is C85H78N4O7. The highest BCUT2D eigenvalue weighted by atomic mass is 16.6. The zero-order valence-corrected chi connectivity index (χ0v) is 55.9. The van der Waals surface area contributed by atoms with E-state index in [0.29, 0.717) is 31.1 Å². The molecule has 0 aromatic heterocycles. The first-order valence-electron chi connectivity index (χ1n) is 33.6. The lowest BCUT2D eigenvalue weighted by molar-refractivity contribution is -0.116. The van der Waals surface area contributed by atoms with E-state index in [2.05, 4.69) is 172 Å². The number of ketones is 1. The molecule has 96 heavy (non-hydrogen) atoms. The molecule has 1 atom stereocenters. The number of hydrogen-bond donors (Lipinski definition) is 4. The molecule has 0 spiro atoms. The van der Waals surface area contributed by atoms with Crippen LogP contribution in [0.2, 0.25) is 0 Å². The highest BCUT2D eigenvalue weighted by Gasteiger charge is 2.43. The number of rotatable bonds is 6. The zero-order valence-electron chi connectivity index (χ0n) is 55.9. The number of benzene rings is 8. The highest BCUT2D eigenvalue weighted by Crippen LogP contribution is 2.52. The van der Waals surface area contributed by atoms with Crippen molar-refractivity contribution in [2.75, 3.05) is 35.0 Å². The Morgan fingerprint density at radius 3 is 1.20 bits per heavy atom. The van der Waals surface area contributed by atoms with Gasteiger partial charge < -0.3 is 30.7 Å². The van der Waals surface area contributed by atoms with E-state index < -0.39 is 0 Å². The minimum Gasteiger partial charge on any atom is -0.497 e. The van der Waals surface area contributed by atoms with Crippen LogP contribution in [0.15, 0.2) is 152 Å². The van der Waals surface area contributed by atoms with Crippen LogP contribution >= 0.6 is 0 Å². The molecule has 4 amide bonds. The monoisotopic (exact) mass is 1270 g/mol. The van der Waals surface area contributed by atoms with Crippen molar-refractivity contribution in [3.05, 3.63) is 257 Å². The van der Waals surface area contributed by atoms with Crippen LogP contribution in [0, 0.1) is 33.1 Å². The first kappa shape index (κ1) is 61.9. The van der Waals surface area contributed by atoms with Crippen molar-refractivity contribution in [3.8, 4) is 5.75 Å². The lowest BCUT2D eigenvalue weighted by Gasteiger charge is -2.14. The normalized spacial score (nSPS) is 18.8. The van der Waals surface area contributed by atoms with Crippen molar-refractivity contribution in [1.29, 1.82) is 0 Å². The SMILES string of the molecule is CC(=O)/C=C\c1ccc2c(c1)C1=C(CC(=O)N2)c2cc(C)ccc2C1.COc1ccc2c(c1)C1=C(CC(=O)N2)c2cc(C)ccc2C1.Cc1ccc2c(c1)C1=C(C2)c2cc(C3(C)CO3)ccc2NC(=O)C1.Cc1ccc2c(c1)C1=C(C2)c2cc(CC3(C)CC3)ccc2NC(=O)C1. The van der Waals surface area contributed by atoms with Gasteiger partial charge in [-0.15, -0.1) is 0 Å². The van der Waals surface area contributed by atoms with Crippen LogP contribution in [0.1, 0.15) is 165 Å². The number of fused-ring (bicyclic) bond motifs is 16. The molecule has 5 aliphatic carbocycles. The lowest BCUT2D eigenvalue weighted by Crippen LogP contribution is -2.11. The van der Waals surface area contributed by atoms with E-state index in [-0.39, 0.29) is 35.0 Å². The Hall–Kier alpha value is -10.2. The summed E-state index contributed by atoms with van der Waals surface area (Å²) in [7, 11) is 1.67. The van der Waals surface area contributed by atoms with Gasteiger partial charge in [-0.05, 0) is 258 Å². The van der Waals surface area contributed by atoms with Crippen LogP contribution < -0.4 is 26.0 Å². The number of carbonyl (C=O) groups is 5. The molecule has 2 fully saturated rings. The van der Waals surface area contributed by atoms with Crippen LogP contribution in [0.4, 0.5) is 22.7 Å². The van der Waals surface area contributed by atoms with Gasteiger partial charge in [-0.25, -0.2) is 0 Å². The Bertz CT molecular complexity index is 4920. The number of methoxy groups -OCH3 is 1. The molecule has 5 heterocycles. The molecule has 4 N–H and O–H groups in total. The molecule has 8 aromatic carbocycles. The van der Waals surface area contributed by atoms with Crippen LogP contribution in [0.25, 0.3) is 50.7 Å². The summed E-state index contributed by atoms with van der Waals surface area (Å²) in [5.74, 6) is 1.07. The second-order valence-electron chi connectivity index (χ2n) is 28.4. The maximum absolute atomic E-state index is 12.5. The summed E-state index contributed by atoms with van der Waals surface area (Å²) in [5, 5.41) is 12.2. The number of ether oxygens (including phenoxy) is 2. The third-order valence-electron chi connectivity index (χ3n) is 20.8. The standard InChI is InChI=1S/C23H23NO.C22H19NO2.C21H19NO2.C19H17NO2/c1-14-3-5-16-11-18-19(17(16)9-14)12-22(25)24-21-6-4-15(10-20(18)21)13-23(2)7-8-23;1-13-3-7-16-11-18-19(17(16)9-13)12-22(25)23-21-8-6-15(10-20(18)21)5-4-14(2)24;1-12-3-4-13-8-16-17(15(13)7-12)10-20(23)22-19-6-5-14(9-18(16)19)21(2)11-24-21;1-11-3-4-12-8-15-16(14(12)7-11)10-19(21)20-18-6-5-13(22-2)9-17(15)18/h3-6,9-10H,7-8,11-13H2,1-2H3,(H,24,25);3-10H,11-12H2,1-2H3,(H,23,25);3-7,9H,8,10-11H2,1-2H3,(H,22,23);3-7,9H,8,10H2,1-2H3,(H,20,21)/b;5-4-;;. The van der Waals surface area contributed by atoms with E-state index >= 15 is 0 Å². The van der Waals surface area contributed by atoms with Gasteiger partial charge in [0.25, 0.3) is 0 Å². The topological polar surface area (TPSA) is 155 Å². The van der Waals surface area contributed by atoms with Crippen LogP contribution in [-0.2, 0) is 66.4 Å². The van der Waals surface area contributed by atoms with Gasteiger partial charge >= 0.3 is 0 Å².